The Morgan fingerprint density at radius 3 is 2.52 bits per heavy atom. The molecule has 1 aliphatic rings. The third kappa shape index (κ3) is 2.92. The number of hydrazone groups is 1. The molecule has 1 aromatic heterocycles. The smallest absolute Gasteiger partial charge is 0.276 e. The van der Waals surface area contributed by atoms with Crippen LogP contribution in [0.15, 0.2) is 58.4 Å². The second-order valence-corrected chi connectivity index (χ2v) is 6.29. The van der Waals surface area contributed by atoms with Crippen molar-refractivity contribution in [2.45, 2.75) is 25.5 Å². The summed E-state index contributed by atoms with van der Waals surface area (Å²) in [6.07, 6.45) is 4.17. The van der Waals surface area contributed by atoms with Crippen LogP contribution in [0.4, 0.5) is 0 Å². The lowest BCUT2D eigenvalue weighted by Gasteiger charge is -2.31. The number of hydrogen-bond acceptors (Lipinski definition) is 4. The van der Waals surface area contributed by atoms with Crippen LogP contribution in [0.3, 0.4) is 0 Å². The third-order valence-corrected chi connectivity index (χ3v) is 4.41. The van der Waals surface area contributed by atoms with E-state index in [-0.39, 0.29) is 5.91 Å². The van der Waals surface area contributed by atoms with Crippen LogP contribution in [-0.4, -0.2) is 26.7 Å². The van der Waals surface area contributed by atoms with E-state index in [1.54, 1.807) is 48.8 Å². The summed E-state index contributed by atoms with van der Waals surface area (Å²) >= 11 is 3.35. The fraction of sp³-hybridized carbons (Fsp3) is 0.235. The van der Waals surface area contributed by atoms with Crippen molar-refractivity contribution in [1.29, 1.82) is 0 Å². The maximum atomic E-state index is 12.8. The Balaban J connectivity index is 2.01. The summed E-state index contributed by atoms with van der Waals surface area (Å²) in [5, 5.41) is 16.7. The van der Waals surface area contributed by atoms with Crippen LogP contribution in [-0.2, 0) is 5.72 Å². The number of benzene rings is 1. The lowest BCUT2D eigenvalue weighted by Crippen LogP contribution is -2.43. The van der Waals surface area contributed by atoms with Crippen LogP contribution in [0.1, 0.15) is 35.7 Å². The first-order chi connectivity index (χ1) is 11.0. The molecule has 1 aromatic carbocycles. The Hall–Kier alpha value is -2.05. The molecular weight excluding hydrogens is 358 g/mol. The lowest BCUT2D eigenvalue weighted by atomic mass is 9.97. The Bertz CT molecular complexity index is 746. The number of aromatic nitrogens is 1. The number of amides is 1. The van der Waals surface area contributed by atoms with Crippen molar-refractivity contribution in [3.05, 3.63) is 64.4 Å². The van der Waals surface area contributed by atoms with Crippen LogP contribution >= 0.6 is 15.9 Å². The van der Waals surface area contributed by atoms with Gasteiger partial charge in [0.25, 0.3) is 5.91 Å². The standard InChI is InChI=1S/C17H16BrN3O2/c1-2-15-11-17(23,13-7-9-19-10-8-13)21(20-15)16(22)12-3-5-14(18)6-4-12/h3-10,23H,2,11H2,1H3. The van der Waals surface area contributed by atoms with E-state index in [4.69, 9.17) is 0 Å². The predicted molar refractivity (Wildman–Crippen MR) is 90.8 cm³/mol. The number of halogens is 1. The average Bonchev–Trinajstić information content (AvgIpc) is 2.94. The molecule has 0 radical (unpaired) electrons. The van der Waals surface area contributed by atoms with Gasteiger partial charge in [0.2, 0.25) is 0 Å². The van der Waals surface area contributed by atoms with Gasteiger partial charge in [-0.15, -0.1) is 0 Å². The normalized spacial score (nSPS) is 20.5. The third-order valence-electron chi connectivity index (χ3n) is 3.88. The van der Waals surface area contributed by atoms with E-state index in [1.165, 1.54) is 5.01 Å². The van der Waals surface area contributed by atoms with Crippen molar-refractivity contribution in [2.75, 3.05) is 0 Å². The molecule has 5 nitrogen and oxygen atoms in total. The Kier molecular flexibility index (Phi) is 4.28. The van der Waals surface area contributed by atoms with Gasteiger partial charge in [0, 0.05) is 40.1 Å². The van der Waals surface area contributed by atoms with E-state index in [2.05, 4.69) is 26.0 Å². The maximum absolute atomic E-state index is 12.8. The zero-order valence-corrected chi connectivity index (χ0v) is 14.2. The molecule has 1 N–H and O–H groups in total. The van der Waals surface area contributed by atoms with E-state index >= 15 is 0 Å². The number of nitrogens with zero attached hydrogens (tertiary/aromatic N) is 3. The number of pyridine rings is 1. The quantitative estimate of drug-likeness (QED) is 0.897. The molecule has 1 atom stereocenters. The topological polar surface area (TPSA) is 65.8 Å². The minimum atomic E-state index is -1.47. The number of aliphatic hydroxyl groups is 1. The van der Waals surface area contributed by atoms with Gasteiger partial charge in [0.1, 0.15) is 0 Å². The van der Waals surface area contributed by atoms with Crippen LogP contribution < -0.4 is 0 Å². The molecule has 0 fully saturated rings. The van der Waals surface area contributed by atoms with Crippen molar-refractivity contribution >= 4 is 27.5 Å². The molecule has 1 amide bonds. The first kappa shape index (κ1) is 15.8. The second-order valence-electron chi connectivity index (χ2n) is 5.37. The monoisotopic (exact) mass is 373 g/mol. The minimum absolute atomic E-state index is 0.301. The summed E-state index contributed by atoms with van der Waals surface area (Å²) in [5.41, 5.74) is 0.389. The van der Waals surface area contributed by atoms with Gasteiger partial charge in [-0.3, -0.25) is 9.78 Å². The van der Waals surface area contributed by atoms with E-state index in [0.29, 0.717) is 24.0 Å². The van der Waals surface area contributed by atoms with Gasteiger partial charge in [-0.2, -0.15) is 10.1 Å². The van der Waals surface area contributed by atoms with Crippen molar-refractivity contribution in [3.63, 3.8) is 0 Å². The molecule has 0 spiro atoms. The van der Waals surface area contributed by atoms with Crippen LogP contribution in [0.2, 0.25) is 0 Å². The molecular formula is C17H16BrN3O2. The first-order valence-electron chi connectivity index (χ1n) is 7.34. The van der Waals surface area contributed by atoms with Gasteiger partial charge in [-0.25, -0.2) is 0 Å². The first-order valence-corrected chi connectivity index (χ1v) is 8.13. The fourth-order valence-electron chi connectivity index (χ4n) is 2.59. The summed E-state index contributed by atoms with van der Waals surface area (Å²) in [7, 11) is 0. The van der Waals surface area contributed by atoms with Crippen molar-refractivity contribution in [1.82, 2.24) is 9.99 Å². The Labute approximate surface area is 142 Å². The molecule has 23 heavy (non-hydrogen) atoms. The molecule has 0 bridgehead atoms. The number of rotatable bonds is 3. The summed E-state index contributed by atoms with van der Waals surface area (Å²) in [6.45, 7) is 1.96. The summed E-state index contributed by atoms with van der Waals surface area (Å²) < 4.78 is 0.887. The Morgan fingerprint density at radius 1 is 1.26 bits per heavy atom. The van der Waals surface area contributed by atoms with Crippen LogP contribution in [0, 0.1) is 0 Å². The molecule has 3 rings (SSSR count). The highest BCUT2D eigenvalue weighted by Crippen LogP contribution is 2.36. The predicted octanol–water partition coefficient (Wildman–Crippen LogP) is 3.30. The van der Waals surface area contributed by atoms with Crippen molar-refractivity contribution in [2.24, 2.45) is 5.10 Å². The van der Waals surface area contributed by atoms with E-state index in [1.807, 2.05) is 6.92 Å². The average molecular weight is 374 g/mol. The lowest BCUT2D eigenvalue weighted by molar-refractivity contribution is -0.0766. The van der Waals surface area contributed by atoms with E-state index in [9.17, 15) is 9.90 Å². The number of carbonyl (C=O) groups is 1. The molecule has 0 saturated heterocycles. The van der Waals surface area contributed by atoms with Gasteiger partial charge in [0.05, 0.1) is 0 Å². The Morgan fingerprint density at radius 2 is 1.91 bits per heavy atom. The zero-order valence-electron chi connectivity index (χ0n) is 12.6. The molecule has 2 aromatic rings. The van der Waals surface area contributed by atoms with Crippen LogP contribution in [0.5, 0.6) is 0 Å². The second kappa shape index (κ2) is 6.22. The molecule has 0 saturated carbocycles. The van der Waals surface area contributed by atoms with Crippen LogP contribution in [0.25, 0.3) is 0 Å². The van der Waals surface area contributed by atoms with Gasteiger partial charge in [-0.05, 0) is 42.8 Å². The van der Waals surface area contributed by atoms with Crippen molar-refractivity contribution in [3.8, 4) is 0 Å². The fourth-order valence-corrected chi connectivity index (χ4v) is 2.85. The van der Waals surface area contributed by atoms with E-state index in [0.717, 1.165) is 10.2 Å². The highest BCUT2D eigenvalue weighted by atomic mass is 79.9. The highest BCUT2D eigenvalue weighted by molar-refractivity contribution is 9.10. The number of hydrogen-bond donors (Lipinski definition) is 1. The van der Waals surface area contributed by atoms with Gasteiger partial charge in [-0.1, -0.05) is 22.9 Å². The molecule has 6 heteroatoms. The molecule has 0 aliphatic carbocycles. The summed E-state index contributed by atoms with van der Waals surface area (Å²) in [5.74, 6) is -0.333. The van der Waals surface area contributed by atoms with Gasteiger partial charge in [0.15, 0.2) is 5.72 Å². The number of carbonyl (C=O) groups excluding carboxylic acids is 1. The van der Waals surface area contributed by atoms with E-state index < -0.39 is 5.72 Å². The van der Waals surface area contributed by atoms with Gasteiger partial charge >= 0.3 is 0 Å². The maximum Gasteiger partial charge on any atom is 0.276 e. The van der Waals surface area contributed by atoms with Crippen molar-refractivity contribution < 1.29 is 9.90 Å². The van der Waals surface area contributed by atoms with Gasteiger partial charge < -0.3 is 5.11 Å². The minimum Gasteiger partial charge on any atom is -0.365 e. The SMILES string of the molecule is CCC1=NN(C(=O)c2ccc(Br)cc2)C(O)(c2ccncc2)C1. The summed E-state index contributed by atoms with van der Waals surface area (Å²) in [4.78, 5) is 16.8. The molecule has 1 aliphatic heterocycles. The highest BCUT2D eigenvalue weighted by Gasteiger charge is 2.45. The molecule has 2 heterocycles. The zero-order chi connectivity index (χ0) is 16.4. The molecule has 1 unspecified atom stereocenters. The molecule has 118 valence electrons. The summed E-state index contributed by atoms with van der Waals surface area (Å²) in [6, 6.07) is 10.4. The largest absolute Gasteiger partial charge is 0.365 e.